The minimum Gasteiger partial charge on any atom is -0.244 e. The summed E-state index contributed by atoms with van der Waals surface area (Å²) in [6.45, 7) is 0. The van der Waals surface area contributed by atoms with E-state index >= 15 is 0 Å². The van der Waals surface area contributed by atoms with Gasteiger partial charge in [-0.1, -0.05) is 26.5 Å². The van der Waals surface area contributed by atoms with Crippen LogP contribution in [0.4, 0.5) is 82.9 Å². The van der Waals surface area contributed by atoms with Crippen molar-refractivity contribution in [1.29, 1.82) is 0 Å². The Morgan fingerprint density at radius 2 is 0.824 bits per heavy atom. The molecular weight excluding hydrogens is 688 g/mol. The first-order chi connectivity index (χ1) is 14.3. The van der Waals surface area contributed by atoms with Gasteiger partial charge in [0.2, 0.25) is 0 Å². The molecule has 3 nitrogen and oxygen atoms in total. The van der Waals surface area contributed by atoms with Crippen LogP contribution in [-0.4, -0.2) is 65.9 Å². The van der Waals surface area contributed by atoms with Crippen LogP contribution in [0.1, 0.15) is 0 Å². The van der Waals surface area contributed by atoms with Gasteiger partial charge in [0.25, 0.3) is 0 Å². The number of rotatable bonds is 11. The largest absolute Gasteiger partial charge is 0.464 e. The van der Waals surface area contributed by atoms with Crippen molar-refractivity contribution in [2.45, 2.75) is 53.0 Å². The normalized spacial score (nSPS) is 16.7. The molecule has 0 aromatic heterocycles. The van der Waals surface area contributed by atoms with Crippen molar-refractivity contribution in [2.24, 2.45) is 0 Å². The lowest BCUT2D eigenvalue weighted by Crippen LogP contribution is -2.74. The molecule has 0 N–H and O–H groups in total. The Labute approximate surface area is 186 Å². The third-order valence-electron chi connectivity index (χ3n) is 3.47. The van der Waals surface area contributed by atoms with E-state index in [0.29, 0.717) is 0 Å². The Kier molecular flexibility index (Phi) is 8.26. The summed E-state index contributed by atoms with van der Waals surface area (Å²) in [6.07, 6.45) is -16.2. The molecule has 0 fully saturated rings. The first-order valence-electron chi connectivity index (χ1n) is 6.87. The van der Waals surface area contributed by atoms with Gasteiger partial charge >= 0.3 is 63.2 Å². The third-order valence-corrected chi connectivity index (χ3v) is 5.28. The molecule has 34 heavy (non-hydrogen) atoms. The fourth-order valence-corrected chi connectivity index (χ4v) is 2.32. The molecular formula is C10H2F19IO3S. The lowest BCUT2D eigenvalue weighted by molar-refractivity contribution is -0.502. The number of alkyl halides is 19. The molecule has 0 aromatic carbocycles. The summed E-state index contributed by atoms with van der Waals surface area (Å²) in [5.41, 5.74) is 0. The molecule has 0 aliphatic rings. The van der Waals surface area contributed by atoms with Gasteiger partial charge in [-0.3, -0.25) is 0 Å². The fraction of sp³-hybridized carbons (Fsp3) is 1.00. The maximum atomic E-state index is 13.4. The molecule has 0 aliphatic heterocycles. The van der Waals surface area contributed by atoms with E-state index in [1.165, 1.54) is 0 Å². The van der Waals surface area contributed by atoms with Gasteiger partial charge in [-0.25, -0.2) is 4.74 Å². The SMILES string of the molecule is O=S(=O)(F)C(F)(F)C(F)(F)OC(F)(F)C(F)(F)C(F)(F)C(F)(F)C(F)(F)C(F)(F)C(F)(F)CI. The molecule has 0 bridgehead atoms. The summed E-state index contributed by atoms with van der Waals surface area (Å²) in [6, 6.07) is 0. The van der Waals surface area contributed by atoms with Crippen LogP contribution in [0, 0.1) is 0 Å². The van der Waals surface area contributed by atoms with E-state index in [9.17, 15) is 91.3 Å². The molecule has 0 spiro atoms. The van der Waals surface area contributed by atoms with Gasteiger partial charge in [0.1, 0.15) is 0 Å². The van der Waals surface area contributed by atoms with Crippen LogP contribution in [0.5, 0.6) is 0 Å². The Balaban J connectivity index is 6.77. The average molecular weight is 690 g/mol. The number of halogens is 20. The average Bonchev–Trinajstić information content (AvgIpc) is 2.58. The molecule has 0 saturated carbocycles. The Bertz CT molecular complexity index is 866. The molecule has 0 unspecified atom stereocenters. The molecule has 0 atom stereocenters. The molecule has 24 heteroatoms. The zero-order valence-corrected chi connectivity index (χ0v) is 17.4. The summed E-state index contributed by atoms with van der Waals surface area (Å²) >= 11 is 0.0840. The van der Waals surface area contributed by atoms with Crippen molar-refractivity contribution >= 4 is 32.8 Å². The maximum Gasteiger partial charge on any atom is 0.464 e. The zero-order chi connectivity index (χ0) is 28.4. The summed E-state index contributed by atoms with van der Waals surface area (Å²) in [7, 11) is -8.13. The summed E-state index contributed by atoms with van der Waals surface area (Å²) in [5.74, 6) is -48.8. The Morgan fingerprint density at radius 3 is 1.12 bits per heavy atom. The van der Waals surface area contributed by atoms with Gasteiger partial charge in [-0.2, -0.15) is 87.4 Å². The summed E-state index contributed by atoms with van der Waals surface area (Å²) in [5, 5.41) is -7.64. The van der Waals surface area contributed by atoms with Crippen LogP contribution in [0.25, 0.3) is 0 Å². The van der Waals surface area contributed by atoms with Gasteiger partial charge in [-0.15, -0.1) is 0 Å². The second kappa shape index (κ2) is 8.43. The molecule has 0 amide bonds. The predicted molar refractivity (Wildman–Crippen MR) is 74.5 cm³/mol. The van der Waals surface area contributed by atoms with E-state index < -0.39 is 67.7 Å². The highest BCUT2D eigenvalue weighted by atomic mass is 127. The smallest absolute Gasteiger partial charge is 0.244 e. The lowest BCUT2D eigenvalue weighted by atomic mass is 9.91. The number of hydrogen-bond acceptors (Lipinski definition) is 3. The molecule has 0 aliphatic carbocycles. The fourth-order valence-electron chi connectivity index (χ4n) is 1.51. The maximum absolute atomic E-state index is 13.4. The molecule has 0 rings (SSSR count). The summed E-state index contributed by atoms with van der Waals surface area (Å²) < 4.78 is 266. The Hall–Kier alpha value is -0.690. The van der Waals surface area contributed by atoms with Crippen molar-refractivity contribution in [2.75, 3.05) is 4.43 Å². The minimum atomic E-state index is -8.82. The highest BCUT2D eigenvalue weighted by Gasteiger charge is 2.94. The van der Waals surface area contributed by atoms with Crippen molar-refractivity contribution < 1.29 is 96.1 Å². The van der Waals surface area contributed by atoms with E-state index in [1.807, 2.05) is 0 Å². The molecule has 0 heterocycles. The van der Waals surface area contributed by atoms with Crippen molar-refractivity contribution in [3.63, 3.8) is 0 Å². The minimum absolute atomic E-state index is 0.0840. The first-order valence-corrected chi connectivity index (χ1v) is 9.78. The van der Waals surface area contributed by atoms with Crippen LogP contribution in [0.3, 0.4) is 0 Å². The van der Waals surface area contributed by atoms with Crippen LogP contribution in [0.2, 0.25) is 0 Å². The van der Waals surface area contributed by atoms with Gasteiger partial charge < -0.3 is 0 Å². The number of ether oxygens (including phenoxy) is 1. The highest BCUT2D eigenvalue weighted by Crippen LogP contribution is 2.63. The van der Waals surface area contributed by atoms with E-state index in [4.69, 9.17) is 0 Å². The first kappa shape index (κ1) is 33.3. The third kappa shape index (κ3) is 4.46. The molecule has 0 aromatic rings. The predicted octanol–water partition coefficient (Wildman–Crippen LogP) is 6.33. The van der Waals surface area contributed by atoms with Gasteiger partial charge in [0.05, 0.1) is 4.43 Å². The van der Waals surface area contributed by atoms with Gasteiger partial charge in [0, 0.05) is 0 Å². The second-order valence-corrected chi connectivity index (χ2v) is 7.95. The van der Waals surface area contributed by atoms with Crippen LogP contribution < -0.4 is 0 Å². The second-order valence-electron chi connectivity index (χ2n) is 5.80. The monoisotopic (exact) mass is 690 g/mol. The zero-order valence-electron chi connectivity index (χ0n) is 14.4. The highest BCUT2D eigenvalue weighted by molar-refractivity contribution is 14.1. The van der Waals surface area contributed by atoms with Crippen molar-refractivity contribution in [1.82, 2.24) is 0 Å². The summed E-state index contributed by atoms with van der Waals surface area (Å²) in [4.78, 5) is 0. The molecule has 0 saturated heterocycles. The van der Waals surface area contributed by atoms with E-state index in [-0.39, 0.29) is 22.6 Å². The Morgan fingerprint density at radius 1 is 0.529 bits per heavy atom. The lowest BCUT2D eigenvalue weighted by Gasteiger charge is -2.42. The quantitative estimate of drug-likeness (QED) is 0.110. The molecule has 0 radical (unpaired) electrons. The number of hydrogen-bond donors (Lipinski definition) is 0. The topological polar surface area (TPSA) is 43.4 Å². The van der Waals surface area contributed by atoms with E-state index in [0.717, 1.165) is 4.74 Å². The van der Waals surface area contributed by atoms with E-state index in [1.54, 1.807) is 0 Å². The van der Waals surface area contributed by atoms with Gasteiger partial charge in [0.15, 0.2) is 0 Å². The van der Waals surface area contributed by atoms with Crippen LogP contribution in [-0.2, 0) is 15.0 Å². The van der Waals surface area contributed by atoms with Crippen molar-refractivity contribution in [3.05, 3.63) is 0 Å². The van der Waals surface area contributed by atoms with Crippen molar-refractivity contribution in [3.8, 4) is 0 Å². The van der Waals surface area contributed by atoms with E-state index in [2.05, 4.69) is 0 Å². The van der Waals surface area contributed by atoms with Crippen LogP contribution in [0.15, 0.2) is 0 Å². The standard InChI is InChI=1S/C10H2F19IO3S/c11-2(12,1-30)3(13,14)4(15,16)5(17,18)6(19,20)7(21,22)8(23,24)33-9(25,26)10(27,28)34(29,31)32/h1H2. The van der Waals surface area contributed by atoms with Crippen LogP contribution >= 0.6 is 22.6 Å². The van der Waals surface area contributed by atoms with Gasteiger partial charge in [-0.05, 0) is 0 Å². The molecule has 206 valence electrons.